The number of anilines is 1. The number of aromatic hydroxyl groups is 1. The van der Waals surface area contributed by atoms with Gasteiger partial charge in [0, 0.05) is 66.5 Å². The molecule has 4 heterocycles. The Bertz CT molecular complexity index is 2040. The Morgan fingerprint density at radius 1 is 1.07 bits per heavy atom. The zero-order valence-electron chi connectivity index (χ0n) is 23.9. The molecule has 0 atom stereocenters. The molecule has 44 heavy (non-hydrogen) atoms. The lowest BCUT2D eigenvalue weighted by atomic mass is 9.95. The van der Waals surface area contributed by atoms with E-state index in [1.807, 2.05) is 24.8 Å². The number of nitrogens with zero attached hydrogens (tertiary/aromatic N) is 6. The number of hydrogen-bond acceptors (Lipinski definition) is 8. The summed E-state index contributed by atoms with van der Waals surface area (Å²) in [5.74, 6) is -1.91. The molecule has 0 radical (unpaired) electrons. The first kappa shape index (κ1) is 29.3. The van der Waals surface area contributed by atoms with Crippen LogP contribution in [0.15, 0.2) is 66.1 Å². The Kier molecular flexibility index (Phi) is 7.35. The molecular weight excluding hydrogens is 588 g/mol. The highest BCUT2D eigenvalue weighted by Crippen LogP contribution is 2.46. The molecule has 0 unspecified atom stereocenters. The number of halogens is 2. The van der Waals surface area contributed by atoms with Gasteiger partial charge in [0.05, 0.1) is 16.6 Å². The second kappa shape index (κ2) is 11.0. The van der Waals surface area contributed by atoms with E-state index in [-0.39, 0.29) is 50.8 Å². The fourth-order valence-electron chi connectivity index (χ4n) is 5.61. The monoisotopic (exact) mass is 617 g/mol. The van der Waals surface area contributed by atoms with E-state index in [1.54, 1.807) is 18.3 Å². The van der Waals surface area contributed by atoms with Crippen molar-refractivity contribution in [2.24, 2.45) is 5.73 Å². The second-order valence-electron chi connectivity index (χ2n) is 11.1. The molecule has 1 fully saturated rings. The molecule has 1 saturated heterocycles. The van der Waals surface area contributed by atoms with Crippen molar-refractivity contribution in [3.63, 3.8) is 0 Å². The van der Waals surface area contributed by atoms with Crippen LogP contribution in [-0.4, -0.2) is 51.4 Å². The molecule has 13 heteroatoms. The highest BCUT2D eigenvalue weighted by molar-refractivity contribution is 7.90. The predicted molar refractivity (Wildman–Crippen MR) is 162 cm³/mol. The summed E-state index contributed by atoms with van der Waals surface area (Å²) < 4.78 is 59.7. The van der Waals surface area contributed by atoms with E-state index in [2.05, 4.69) is 10.1 Å². The highest BCUT2D eigenvalue weighted by atomic mass is 32.2. The molecule has 1 aliphatic rings. The number of hydrogen-bond donors (Lipinski definition) is 2. The fraction of sp³-hybridized carbons (Fsp3) is 0.258. The molecule has 6 rings (SSSR count). The van der Waals surface area contributed by atoms with Crippen LogP contribution in [0.1, 0.15) is 38.3 Å². The number of nitriles is 1. The van der Waals surface area contributed by atoms with Crippen molar-refractivity contribution in [3.8, 4) is 34.1 Å². The molecule has 0 saturated carbocycles. The lowest BCUT2D eigenvalue weighted by Gasteiger charge is -2.34. The van der Waals surface area contributed by atoms with E-state index in [1.165, 1.54) is 41.3 Å². The van der Waals surface area contributed by atoms with Crippen molar-refractivity contribution in [2.45, 2.75) is 43.8 Å². The van der Waals surface area contributed by atoms with Gasteiger partial charge in [-0.25, -0.2) is 17.7 Å². The minimum absolute atomic E-state index is 0.0104. The highest BCUT2D eigenvalue weighted by Gasteiger charge is 2.31. The number of pyridine rings is 1. The summed E-state index contributed by atoms with van der Waals surface area (Å²) in [4.78, 5) is 6.54. The van der Waals surface area contributed by atoms with Crippen molar-refractivity contribution < 1.29 is 22.3 Å². The number of rotatable bonds is 6. The molecular formula is C31H29F2N7O3S. The Balaban J connectivity index is 1.73. The van der Waals surface area contributed by atoms with Crippen LogP contribution in [-0.2, 0) is 10.0 Å². The minimum atomic E-state index is -4.32. The Morgan fingerprint density at radius 3 is 2.41 bits per heavy atom. The largest absolute Gasteiger partial charge is 0.506 e. The number of phenols is 1. The summed E-state index contributed by atoms with van der Waals surface area (Å²) in [6.07, 6.45) is 5.55. The standard InChI is InChI=1S/C31H29F2N7O3S/c1-18(2)39-11-8-27(37-39)44(42,43)40-17-26(24-5-3-4-19(15-34)30(24)41)28-29(38-9-6-23(35)7-10-38)25(16-36-31(28)40)20-12-21(32)14-22(33)13-20/h3-5,8,11-14,16-18,23,41H,6-7,9-10,35H2,1-2H3. The number of benzene rings is 2. The Hall–Kier alpha value is -4.80. The molecule has 2 aromatic carbocycles. The third-order valence-corrected chi connectivity index (χ3v) is 9.41. The number of nitrogens with two attached hydrogens (primary N) is 1. The van der Waals surface area contributed by atoms with Gasteiger partial charge >= 0.3 is 0 Å². The van der Waals surface area contributed by atoms with Crippen molar-refractivity contribution >= 4 is 26.7 Å². The van der Waals surface area contributed by atoms with Crippen LogP contribution in [0.4, 0.5) is 14.5 Å². The number of aromatic nitrogens is 4. The molecule has 0 amide bonds. The zero-order valence-corrected chi connectivity index (χ0v) is 24.8. The molecule has 0 bridgehead atoms. The van der Waals surface area contributed by atoms with Crippen molar-refractivity contribution in [3.05, 3.63) is 78.3 Å². The SMILES string of the molecule is CC(C)n1ccc(S(=O)(=O)n2cc(-c3cccc(C#N)c3O)c3c(N4CCC(N)CC4)c(-c4cc(F)cc(F)c4)cnc32)n1. The van der Waals surface area contributed by atoms with Gasteiger partial charge in [0.25, 0.3) is 10.0 Å². The smallest absolute Gasteiger partial charge is 0.288 e. The number of para-hydroxylation sites is 1. The average Bonchev–Trinajstić information content (AvgIpc) is 3.64. The molecule has 1 aliphatic heterocycles. The summed E-state index contributed by atoms with van der Waals surface area (Å²) in [5, 5.41) is 25.2. The normalized spacial score (nSPS) is 14.4. The number of phenolic OH excluding ortho intramolecular Hbond substituents is 1. The first-order valence-electron chi connectivity index (χ1n) is 14.0. The van der Waals surface area contributed by atoms with Crippen LogP contribution in [0.3, 0.4) is 0 Å². The molecule has 226 valence electrons. The molecule has 10 nitrogen and oxygen atoms in total. The van der Waals surface area contributed by atoms with Crippen molar-refractivity contribution in [2.75, 3.05) is 18.0 Å². The van der Waals surface area contributed by atoms with Gasteiger partial charge < -0.3 is 15.7 Å². The summed E-state index contributed by atoms with van der Waals surface area (Å²) >= 11 is 0. The van der Waals surface area contributed by atoms with E-state index >= 15 is 0 Å². The summed E-state index contributed by atoms with van der Waals surface area (Å²) in [5.41, 5.74) is 7.71. The molecule has 0 aliphatic carbocycles. The second-order valence-corrected chi connectivity index (χ2v) is 12.8. The lowest BCUT2D eigenvalue weighted by Crippen LogP contribution is -2.40. The van der Waals surface area contributed by atoms with Gasteiger partial charge in [0.2, 0.25) is 0 Å². The number of piperidine rings is 1. The molecule has 0 spiro atoms. The van der Waals surface area contributed by atoms with E-state index in [9.17, 15) is 27.6 Å². The predicted octanol–water partition coefficient (Wildman–Crippen LogP) is 5.17. The maximum atomic E-state index is 14.5. The van der Waals surface area contributed by atoms with Gasteiger partial charge in [-0.1, -0.05) is 12.1 Å². The van der Waals surface area contributed by atoms with Gasteiger partial charge in [0.15, 0.2) is 10.7 Å². The van der Waals surface area contributed by atoms with Gasteiger partial charge in [-0.3, -0.25) is 4.68 Å². The van der Waals surface area contributed by atoms with Gasteiger partial charge in [-0.15, -0.1) is 0 Å². The van der Waals surface area contributed by atoms with Gasteiger partial charge in [0.1, 0.15) is 23.5 Å². The van der Waals surface area contributed by atoms with Crippen LogP contribution in [0.5, 0.6) is 5.75 Å². The van der Waals surface area contributed by atoms with Crippen molar-refractivity contribution in [1.82, 2.24) is 18.7 Å². The van der Waals surface area contributed by atoms with Crippen molar-refractivity contribution in [1.29, 1.82) is 5.26 Å². The summed E-state index contributed by atoms with van der Waals surface area (Å²) in [6.45, 7) is 4.69. The third-order valence-electron chi connectivity index (χ3n) is 7.87. The maximum absolute atomic E-state index is 14.5. The van der Waals surface area contributed by atoms with Gasteiger partial charge in [-0.2, -0.15) is 18.8 Å². The van der Waals surface area contributed by atoms with Crippen LogP contribution >= 0.6 is 0 Å². The van der Waals surface area contributed by atoms with Crippen LogP contribution in [0.2, 0.25) is 0 Å². The quantitative estimate of drug-likeness (QED) is 0.266. The maximum Gasteiger partial charge on any atom is 0.288 e. The van der Waals surface area contributed by atoms with Crippen LogP contribution in [0, 0.1) is 23.0 Å². The summed E-state index contributed by atoms with van der Waals surface area (Å²) in [6, 6.07) is 10.9. The Morgan fingerprint density at radius 2 is 1.77 bits per heavy atom. The first-order chi connectivity index (χ1) is 21.0. The Labute approximate surface area is 252 Å². The van der Waals surface area contributed by atoms with Crippen LogP contribution in [0.25, 0.3) is 33.3 Å². The topological polar surface area (TPSA) is 143 Å². The van der Waals surface area contributed by atoms with E-state index in [0.29, 0.717) is 42.6 Å². The van der Waals surface area contributed by atoms with Crippen LogP contribution < -0.4 is 10.6 Å². The first-order valence-corrected chi connectivity index (χ1v) is 15.5. The molecule has 3 N–H and O–H groups in total. The summed E-state index contributed by atoms with van der Waals surface area (Å²) in [7, 11) is -4.32. The number of fused-ring (bicyclic) bond motifs is 1. The van der Waals surface area contributed by atoms with E-state index in [4.69, 9.17) is 5.73 Å². The van der Waals surface area contributed by atoms with E-state index in [0.717, 1.165) is 10.0 Å². The fourth-order valence-corrected chi connectivity index (χ4v) is 6.85. The zero-order chi connectivity index (χ0) is 31.3. The lowest BCUT2D eigenvalue weighted by molar-refractivity contribution is 0.475. The average molecular weight is 618 g/mol. The van der Waals surface area contributed by atoms with Gasteiger partial charge in [-0.05, 0) is 56.5 Å². The molecule has 3 aromatic heterocycles. The van der Waals surface area contributed by atoms with E-state index < -0.39 is 21.7 Å². The minimum Gasteiger partial charge on any atom is -0.506 e. The third kappa shape index (κ3) is 4.95. The molecule has 5 aromatic rings.